The Kier molecular flexibility index (Phi) is 5.18. The number of benzene rings is 1. The average molecular weight is 336 g/mol. The molecule has 23 heavy (non-hydrogen) atoms. The summed E-state index contributed by atoms with van der Waals surface area (Å²) < 4.78 is 0. The van der Waals surface area contributed by atoms with E-state index in [-0.39, 0.29) is 11.8 Å². The topological polar surface area (TPSA) is 61.4 Å². The van der Waals surface area contributed by atoms with Gasteiger partial charge in [-0.05, 0) is 56.5 Å². The Morgan fingerprint density at radius 3 is 3.00 bits per heavy atom. The minimum Gasteiger partial charge on any atom is -0.344 e. The molecule has 0 radical (unpaired) electrons. The summed E-state index contributed by atoms with van der Waals surface area (Å²) in [5, 5.41) is 6.79. The number of halogens is 1. The predicted molar refractivity (Wildman–Crippen MR) is 90.6 cm³/mol. The predicted octanol–water partition coefficient (Wildman–Crippen LogP) is 1.95. The zero-order valence-corrected chi connectivity index (χ0v) is 13.8. The minimum atomic E-state index is -0.414. The molecule has 3 rings (SSSR count). The van der Waals surface area contributed by atoms with Gasteiger partial charge in [0.05, 0.1) is 0 Å². The van der Waals surface area contributed by atoms with Crippen molar-refractivity contribution in [1.29, 1.82) is 0 Å². The Morgan fingerprint density at radius 1 is 1.39 bits per heavy atom. The first-order chi connectivity index (χ1) is 11.1. The van der Waals surface area contributed by atoms with Gasteiger partial charge in [0.15, 0.2) is 0 Å². The maximum atomic E-state index is 12.5. The van der Waals surface area contributed by atoms with Gasteiger partial charge in [0.1, 0.15) is 6.04 Å². The molecule has 2 amide bonds. The highest BCUT2D eigenvalue weighted by atomic mass is 35.5. The molecule has 0 spiro atoms. The third-order valence-electron chi connectivity index (χ3n) is 4.60. The third-order valence-corrected chi connectivity index (χ3v) is 4.84. The smallest absolute Gasteiger partial charge is 0.249 e. The molecule has 2 aliphatic heterocycles. The van der Waals surface area contributed by atoms with Crippen LogP contribution in [-0.4, -0.2) is 37.5 Å². The summed E-state index contributed by atoms with van der Waals surface area (Å²) in [5.74, 6) is 0.509. The molecule has 0 aromatic heterocycles. The van der Waals surface area contributed by atoms with Crippen molar-refractivity contribution in [2.75, 3.05) is 24.5 Å². The number of amides is 2. The number of nitrogens with zero attached hydrogens (tertiary/aromatic N) is 1. The van der Waals surface area contributed by atoms with E-state index in [4.69, 9.17) is 11.6 Å². The number of nitrogens with one attached hydrogen (secondary N) is 2. The van der Waals surface area contributed by atoms with E-state index in [0.717, 1.165) is 31.6 Å². The highest BCUT2D eigenvalue weighted by molar-refractivity contribution is 6.31. The van der Waals surface area contributed by atoms with Gasteiger partial charge in [-0.15, -0.1) is 0 Å². The lowest BCUT2D eigenvalue weighted by molar-refractivity contribution is -0.126. The molecule has 2 atom stereocenters. The fourth-order valence-electron chi connectivity index (χ4n) is 3.28. The molecule has 124 valence electrons. The lowest BCUT2D eigenvalue weighted by Gasteiger charge is -2.17. The molecule has 0 aliphatic carbocycles. The first-order valence-corrected chi connectivity index (χ1v) is 8.58. The molecule has 2 N–H and O–H groups in total. The number of carbonyl (C=O) groups excluding carboxylic acids is 2. The van der Waals surface area contributed by atoms with Crippen LogP contribution in [0, 0.1) is 5.92 Å². The molecule has 0 saturated carbocycles. The number of hydrogen-bond acceptors (Lipinski definition) is 3. The van der Waals surface area contributed by atoms with Crippen LogP contribution < -0.4 is 15.5 Å². The first-order valence-electron chi connectivity index (χ1n) is 8.20. The maximum absolute atomic E-state index is 12.5. The van der Waals surface area contributed by atoms with Crippen LogP contribution in [0.4, 0.5) is 5.69 Å². The standard InChI is InChI=1S/C17H22ClN3O2/c18-13-2-1-3-14(10-13)21-9-7-15(17(21)23)20-16(22)5-4-12-6-8-19-11-12/h1-3,10,12,15,19H,4-9,11H2,(H,20,22). The van der Waals surface area contributed by atoms with Crippen molar-refractivity contribution in [3.63, 3.8) is 0 Å². The van der Waals surface area contributed by atoms with Gasteiger partial charge in [0, 0.05) is 23.7 Å². The zero-order valence-electron chi connectivity index (χ0n) is 13.1. The molecule has 6 heteroatoms. The van der Waals surface area contributed by atoms with Crippen LogP contribution in [0.25, 0.3) is 0 Å². The third kappa shape index (κ3) is 4.03. The van der Waals surface area contributed by atoms with E-state index in [2.05, 4.69) is 10.6 Å². The van der Waals surface area contributed by atoms with Crippen LogP contribution >= 0.6 is 11.6 Å². The molecule has 2 unspecified atom stereocenters. The molecule has 2 fully saturated rings. The molecule has 1 aromatic rings. The second kappa shape index (κ2) is 7.32. The SMILES string of the molecule is O=C(CCC1CCNC1)NC1CCN(c2cccc(Cl)c2)C1=O. The lowest BCUT2D eigenvalue weighted by atomic mass is 10.0. The van der Waals surface area contributed by atoms with Gasteiger partial charge in [-0.2, -0.15) is 0 Å². The summed E-state index contributed by atoms with van der Waals surface area (Å²) >= 11 is 5.98. The molecule has 1 aromatic carbocycles. The van der Waals surface area contributed by atoms with E-state index in [1.54, 1.807) is 17.0 Å². The van der Waals surface area contributed by atoms with Crippen molar-refractivity contribution >= 4 is 29.1 Å². The first kappa shape index (κ1) is 16.3. The average Bonchev–Trinajstić information content (AvgIpc) is 3.16. The molecular weight excluding hydrogens is 314 g/mol. The van der Waals surface area contributed by atoms with Gasteiger partial charge in [-0.25, -0.2) is 0 Å². The number of carbonyl (C=O) groups is 2. The van der Waals surface area contributed by atoms with E-state index >= 15 is 0 Å². The largest absolute Gasteiger partial charge is 0.344 e. The van der Waals surface area contributed by atoms with Crippen LogP contribution in [-0.2, 0) is 9.59 Å². The Balaban J connectivity index is 1.51. The van der Waals surface area contributed by atoms with Crippen molar-refractivity contribution in [1.82, 2.24) is 10.6 Å². The number of rotatable bonds is 5. The van der Waals surface area contributed by atoms with Gasteiger partial charge in [0.2, 0.25) is 11.8 Å². The second-order valence-electron chi connectivity index (χ2n) is 6.28. The van der Waals surface area contributed by atoms with E-state index in [1.165, 1.54) is 0 Å². The van der Waals surface area contributed by atoms with Crippen LogP contribution in [0.1, 0.15) is 25.7 Å². The Labute approximate surface area is 141 Å². The maximum Gasteiger partial charge on any atom is 0.249 e. The van der Waals surface area contributed by atoms with Gasteiger partial charge < -0.3 is 15.5 Å². The van der Waals surface area contributed by atoms with Gasteiger partial charge >= 0.3 is 0 Å². The summed E-state index contributed by atoms with van der Waals surface area (Å²) in [6.45, 7) is 2.65. The molecule has 0 bridgehead atoms. The quantitative estimate of drug-likeness (QED) is 0.864. The van der Waals surface area contributed by atoms with Gasteiger partial charge in [-0.1, -0.05) is 17.7 Å². The van der Waals surface area contributed by atoms with E-state index < -0.39 is 6.04 Å². The van der Waals surface area contributed by atoms with Crippen molar-refractivity contribution < 1.29 is 9.59 Å². The Hall–Kier alpha value is -1.59. The molecule has 2 aliphatic rings. The number of anilines is 1. The summed E-state index contributed by atoms with van der Waals surface area (Å²) in [5.41, 5.74) is 0.788. The summed E-state index contributed by atoms with van der Waals surface area (Å²) in [6.07, 6.45) is 3.16. The van der Waals surface area contributed by atoms with E-state index in [0.29, 0.717) is 30.3 Å². The number of hydrogen-bond donors (Lipinski definition) is 2. The van der Waals surface area contributed by atoms with Crippen LogP contribution in [0.3, 0.4) is 0 Å². The zero-order chi connectivity index (χ0) is 16.2. The van der Waals surface area contributed by atoms with E-state index in [9.17, 15) is 9.59 Å². The van der Waals surface area contributed by atoms with Crippen LogP contribution in [0.2, 0.25) is 5.02 Å². The van der Waals surface area contributed by atoms with Crippen molar-refractivity contribution in [3.05, 3.63) is 29.3 Å². The molecule has 2 saturated heterocycles. The fourth-order valence-corrected chi connectivity index (χ4v) is 3.46. The highest BCUT2D eigenvalue weighted by Crippen LogP contribution is 2.24. The summed E-state index contributed by atoms with van der Waals surface area (Å²) in [4.78, 5) is 26.2. The second-order valence-corrected chi connectivity index (χ2v) is 6.71. The van der Waals surface area contributed by atoms with Crippen molar-refractivity contribution in [2.24, 2.45) is 5.92 Å². The Morgan fingerprint density at radius 2 is 2.26 bits per heavy atom. The minimum absolute atomic E-state index is 0.0248. The monoisotopic (exact) mass is 335 g/mol. The molecule has 2 heterocycles. The molecule has 5 nitrogen and oxygen atoms in total. The van der Waals surface area contributed by atoms with Crippen molar-refractivity contribution in [3.8, 4) is 0 Å². The van der Waals surface area contributed by atoms with E-state index in [1.807, 2.05) is 12.1 Å². The molecular formula is C17H22ClN3O2. The van der Waals surface area contributed by atoms with Crippen LogP contribution in [0.5, 0.6) is 0 Å². The normalized spacial score (nSPS) is 24.2. The van der Waals surface area contributed by atoms with Crippen LogP contribution in [0.15, 0.2) is 24.3 Å². The van der Waals surface area contributed by atoms with Gasteiger partial charge in [-0.3, -0.25) is 9.59 Å². The highest BCUT2D eigenvalue weighted by Gasteiger charge is 2.33. The lowest BCUT2D eigenvalue weighted by Crippen LogP contribution is -2.41. The van der Waals surface area contributed by atoms with Gasteiger partial charge in [0.25, 0.3) is 0 Å². The Bertz CT molecular complexity index is 587. The summed E-state index contributed by atoms with van der Waals surface area (Å²) in [6, 6.07) is 6.83. The fraction of sp³-hybridized carbons (Fsp3) is 0.529. The summed E-state index contributed by atoms with van der Waals surface area (Å²) in [7, 11) is 0. The van der Waals surface area contributed by atoms with Crippen molar-refractivity contribution in [2.45, 2.75) is 31.7 Å².